The van der Waals surface area contributed by atoms with Gasteiger partial charge in [-0.2, -0.15) is 0 Å². The van der Waals surface area contributed by atoms with Crippen molar-refractivity contribution in [3.8, 4) is 0 Å². The second kappa shape index (κ2) is 24.3. The minimum Gasteiger partial charge on any atom is -0.460 e. The van der Waals surface area contributed by atoms with Crippen molar-refractivity contribution in [3.63, 3.8) is 0 Å². The van der Waals surface area contributed by atoms with Gasteiger partial charge in [-0.25, -0.2) is 4.79 Å². The van der Waals surface area contributed by atoms with Crippen LogP contribution in [0.4, 0.5) is 0 Å². The Morgan fingerprint density at radius 2 is 1.59 bits per heavy atom. The molecule has 0 spiro atoms. The minimum absolute atomic E-state index is 0.0138. The minimum atomic E-state index is -2.40. The number of Topliss-reactive ketones (excluding diaryl/α,β-unsaturated/α-hetero) is 2. The summed E-state index contributed by atoms with van der Waals surface area (Å²) in [5.74, 6) is -6.07. The molecule has 0 aromatic rings. The molecule has 3 aliphatic heterocycles. The fourth-order valence-corrected chi connectivity index (χ4v) is 9.95. The average molecular weight is 882 g/mol. The van der Waals surface area contributed by atoms with E-state index in [0.29, 0.717) is 56.9 Å². The molecule has 12 heteroatoms. The zero-order valence-electron chi connectivity index (χ0n) is 39.6. The SMILES string of the molecule is C=C1[C@H](C)C[C@H](C)/C=C/C=C/C=C(\C)[C@@H](OC)C[C@@H]2CC[C@@H](C)C(O)(O2)C(=O)C(=O)N2CCCC[C@H]2C(=O)O[C@H](CC[C@@H]2CC[C@@H](O)[C@H](C)C2)CC(=O)[C@H](C)/C=C(\C)[C@@H](O)[C@H]1OC. The van der Waals surface area contributed by atoms with E-state index < -0.39 is 65.7 Å². The number of fused-ring (bicyclic) bond motifs is 3. The quantitative estimate of drug-likeness (QED) is 0.142. The van der Waals surface area contributed by atoms with Crippen molar-refractivity contribution in [2.75, 3.05) is 20.8 Å². The Balaban J connectivity index is 1.67. The molecule has 0 radical (unpaired) electrons. The number of amides is 1. The van der Waals surface area contributed by atoms with Gasteiger partial charge in [-0.15, -0.1) is 0 Å². The molecule has 0 aromatic heterocycles. The van der Waals surface area contributed by atoms with Gasteiger partial charge in [0.15, 0.2) is 0 Å². The van der Waals surface area contributed by atoms with E-state index in [0.717, 1.165) is 30.4 Å². The molecule has 14 atom stereocenters. The maximum absolute atomic E-state index is 14.2. The molecule has 3 fully saturated rings. The third-order valence-electron chi connectivity index (χ3n) is 14.4. The standard InChI is InChI=1S/C51H79NO11/c1-31-16-12-11-13-17-32(2)45(60-9)30-41-22-19-37(7)51(59,63-41)48(56)49(57)52-25-15-14-18-42(52)50(58)62-40(23-20-39-21-24-43(53)35(5)28-39)29-44(54)34(4)27-36(6)46(55)47(61-10)38(8)33(3)26-31/h11-13,16-17,27,31,33-35,37,39-43,45-47,53,55,59H,8,14-15,18-26,28-30H2,1-7,9-10H3/b13-11+,16-12+,32-17+,36-27+/t31-,33-,34-,35-,37-,39-,40-,41+,42+,43-,45+,46-,47+,51?/m1/s1. The number of piperidine rings is 1. The van der Waals surface area contributed by atoms with Crippen molar-refractivity contribution in [1.82, 2.24) is 4.90 Å². The van der Waals surface area contributed by atoms with E-state index >= 15 is 0 Å². The van der Waals surface area contributed by atoms with Gasteiger partial charge in [-0.05, 0) is 125 Å². The maximum Gasteiger partial charge on any atom is 0.329 e. The summed E-state index contributed by atoms with van der Waals surface area (Å²) in [5.41, 5.74) is 2.23. The fraction of sp³-hybridized carbons (Fsp3) is 0.725. The molecule has 354 valence electrons. The van der Waals surface area contributed by atoms with Gasteiger partial charge in [0, 0.05) is 45.4 Å². The van der Waals surface area contributed by atoms with Gasteiger partial charge in [0.05, 0.1) is 18.3 Å². The lowest BCUT2D eigenvalue weighted by Gasteiger charge is -2.42. The summed E-state index contributed by atoms with van der Waals surface area (Å²) in [6.45, 7) is 17.8. The van der Waals surface area contributed by atoms with Crippen LogP contribution in [-0.4, -0.2) is 113 Å². The summed E-state index contributed by atoms with van der Waals surface area (Å²) >= 11 is 0. The van der Waals surface area contributed by atoms with Crippen LogP contribution in [0.25, 0.3) is 0 Å². The number of ketones is 2. The number of hydrogen-bond donors (Lipinski definition) is 3. The molecule has 4 aliphatic rings. The van der Waals surface area contributed by atoms with Crippen LogP contribution in [0, 0.1) is 35.5 Å². The number of cyclic esters (lactones) is 1. The molecule has 2 bridgehead atoms. The Morgan fingerprint density at radius 1 is 0.857 bits per heavy atom. The number of esters is 1. The average Bonchev–Trinajstić information content (AvgIpc) is 3.25. The predicted octanol–water partition coefficient (Wildman–Crippen LogP) is 7.54. The van der Waals surface area contributed by atoms with Gasteiger partial charge < -0.3 is 39.2 Å². The molecule has 63 heavy (non-hydrogen) atoms. The number of ether oxygens (including phenoxy) is 4. The fourth-order valence-electron chi connectivity index (χ4n) is 9.95. The molecule has 1 aliphatic carbocycles. The summed E-state index contributed by atoms with van der Waals surface area (Å²) in [7, 11) is 3.14. The molecular weight excluding hydrogens is 803 g/mol. The molecule has 1 unspecified atom stereocenters. The highest BCUT2D eigenvalue weighted by Crippen LogP contribution is 2.37. The third kappa shape index (κ3) is 14.1. The number of nitrogens with zero attached hydrogens (tertiary/aromatic N) is 1. The first-order valence-electron chi connectivity index (χ1n) is 23.6. The molecule has 12 nitrogen and oxygen atoms in total. The van der Waals surface area contributed by atoms with Gasteiger partial charge in [-0.1, -0.05) is 77.7 Å². The third-order valence-corrected chi connectivity index (χ3v) is 14.4. The van der Waals surface area contributed by atoms with E-state index in [-0.39, 0.29) is 61.0 Å². The van der Waals surface area contributed by atoms with Crippen LogP contribution in [0.3, 0.4) is 0 Å². The van der Waals surface area contributed by atoms with Crippen molar-refractivity contribution in [2.24, 2.45) is 35.5 Å². The lowest BCUT2D eigenvalue weighted by molar-refractivity contribution is -0.265. The number of carbonyl (C=O) groups is 4. The van der Waals surface area contributed by atoms with Gasteiger partial charge in [-0.3, -0.25) is 14.4 Å². The smallest absolute Gasteiger partial charge is 0.329 e. The summed E-state index contributed by atoms with van der Waals surface area (Å²) in [5, 5.41) is 33.8. The number of aliphatic hydroxyl groups excluding tert-OH is 2. The maximum atomic E-state index is 14.2. The summed E-state index contributed by atoms with van der Waals surface area (Å²) in [6.07, 6.45) is 14.7. The van der Waals surface area contributed by atoms with Crippen LogP contribution in [0.2, 0.25) is 0 Å². The topological polar surface area (TPSA) is 169 Å². The van der Waals surface area contributed by atoms with E-state index in [4.69, 9.17) is 18.9 Å². The largest absolute Gasteiger partial charge is 0.460 e. The summed E-state index contributed by atoms with van der Waals surface area (Å²) in [6, 6.07) is -1.08. The summed E-state index contributed by atoms with van der Waals surface area (Å²) < 4.78 is 24.0. The summed E-state index contributed by atoms with van der Waals surface area (Å²) in [4.78, 5) is 57.7. The Hall–Kier alpha value is -3.26. The van der Waals surface area contributed by atoms with Crippen molar-refractivity contribution in [3.05, 3.63) is 59.8 Å². The monoisotopic (exact) mass is 882 g/mol. The highest BCUT2D eigenvalue weighted by molar-refractivity contribution is 6.39. The molecule has 1 amide bonds. The molecule has 0 aromatic carbocycles. The lowest BCUT2D eigenvalue weighted by Crippen LogP contribution is -2.60. The normalized spacial score (nSPS) is 40.8. The van der Waals surface area contributed by atoms with Crippen LogP contribution in [0.1, 0.15) is 132 Å². The van der Waals surface area contributed by atoms with E-state index in [1.165, 1.54) is 4.90 Å². The van der Waals surface area contributed by atoms with E-state index in [9.17, 15) is 34.5 Å². The van der Waals surface area contributed by atoms with Crippen molar-refractivity contribution in [2.45, 2.75) is 180 Å². The first-order valence-corrected chi connectivity index (χ1v) is 23.6. The Kier molecular flexibility index (Phi) is 20.2. The van der Waals surface area contributed by atoms with Gasteiger partial charge in [0.1, 0.15) is 30.1 Å². The highest BCUT2D eigenvalue weighted by atomic mass is 16.6. The van der Waals surface area contributed by atoms with E-state index in [1.54, 1.807) is 41.1 Å². The van der Waals surface area contributed by atoms with Gasteiger partial charge >= 0.3 is 5.97 Å². The Bertz CT molecular complexity index is 1700. The Labute approximate surface area is 377 Å². The number of aliphatic hydroxyl groups is 3. The lowest BCUT2D eigenvalue weighted by atomic mass is 9.78. The van der Waals surface area contributed by atoms with E-state index in [2.05, 4.69) is 26.5 Å². The molecule has 4 rings (SSSR count). The number of methoxy groups -OCH3 is 2. The number of rotatable bonds is 5. The molecule has 3 heterocycles. The first kappa shape index (κ1) is 52.4. The van der Waals surface area contributed by atoms with Crippen molar-refractivity contribution in [1.29, 1.82) is 0 Å². The number of hydrogen-bond acceptors (Lipinski definition) is 11. The van der Waals surface area contributed by atoms with Gasteiger partial charge in [0.25, 0.3) is 11.7 Å². The highest BCUT2D eigenvalue weighted by Gasteiger charge is 2.53. The molecule has 2 saturated heterocycles. The second-order valence-electron chi connectivity index (χ2n) is 19.4. The van der Waals surface area contributed by atoms with Crippen LogP contribution >= 0.6 is 0 Å². The molecule has 1 saturated carbocycles. The van der Waals surface area contributed by atoms with Crippen LogP contribution in [0.15, 0.2) is 59.8 Å². The number of allylic oxidation sites excluding steroid dienone is 6. The van der Waals surface area contributed by atoms with Crippen molar-refractivity contribution < 1.29 is 53.4 Å². The Morgan fingerprint density at radius 3 is 2.27 bits per heavy atom. The second-order valence-corrected chi connectivity index (χ2v) is 19.4. The zero-order valence-corrected chi connectivity index (χ0v) is 39.6. The zero-order chi connectivity index (χ0) is 46.6. The number of carbonyl (C=O) groups excluding carboxylic acids is 4. The molecular formula is C51H79NO11. The van der Waals surface area contributed by atoms with Crippen LogP contribution in [0.5, 0.6) is 0 Å². The van der Waals surface area contributed by atoms with Crippen LogP contribution < -0.4 is 0 Å². The van der Waals surface area contributed by atoms with Crippen LogP contribution in [-0.2, 0) is 38.1 Å². The van der Waals surface area contributed by atoms with E-state index in [1.807, 2.05) is 38.2 Å². The first-order chi connectivity index (χ1) is 29.8. The molecule has 3 N–H and O–H groups in total. The predicted molar refractivity (Wildman–Crippen MR) is 243 cm³/mol. The van der Waals surface area contributed by atoms with Crippen molar-refractivity contribution >= 4 is 23.4 Å². The van der Waals surface area contributed by atoms with Gasteiger partial charge in [0.2, 0.25) is 5.79 Å².